The Kier molecular flexibility index (Phi) is 5.34. The molecule has 86 valence electrons. The molecule has 1 atom stereocenters. The number of rotatable bonds is 6. The molecule has 0 spiro atoms. The van der Waals surface area contributed by atoms with Crippen molar-refractivity contribution in [1.29, 1.82) is 0 Å². The monoisotopic (exact) mass is 218 g/mol. The molecule has 2 heteroatoms. The number of hydrogen-bond acceptors (Lipinski definition) is 1. The van der Waals surface area contributed by atoms with E-state index in [0.29, 0.717) is 6.42 Å². The van der Waals surface area contributed by atoms with Gasteiger partial charge in [0.25, 0.3) is 0 Å². The van der Waals surface area contributed by atoms with Crippen LogP contribution in [0, 0.1) is 5.92 Å². The van der Waals surface area contributed by atoms with Crippen molar-refractivity contribution >= 4 is 5.97 Å². The number of carbonyl (C=O) groups is 1. The fraction of sp³-hybridized carbons (Fsp3) is 0.357. The summed E-state index contributed by atoms with van der Waals surface area (Å²) < 4.78 is 0. The third-order valence-corrected chi connectivity index (χ3v) is 2.52. The van der Waals surface area contributed by atoms with Crippen LogP contribution >= 0.6 is 0 Å². The molecule has 16 heavy (non-hydrogen) atoms. The summed E-state index contributed by atoms with van der Waals surface area (Å²) in [6.45, 7) is 1.73. The van der Waals surface area contributed by atoms with E-state index in [1.165, 1.54) is 5.56 Å². The van der Waals surface area contributed by atoms with Gasteiger partial charge in [0.05, 0.1) is 5.92 Å². The predicted molar refractivity (Wildman–Crippen MR) is 65.3 cm³/mol. The highest BCUT2D eigenvalue weighted by Gasteiger charge is 2.07. The number of hydrogen-bond donors (Lipinski definition) is 1. The van der Waals surface area contributed by atoms with Crippen LogP contribution in [0.1, 0.15) is 25.3 Å². The number of carboxylic acid groups (broad SMARTS) is 1. The van der Waals surface area contributed by atoms with Crippen LogP contribution in [0.15, 0.2) is 42.5 Å². The maximum Gasteiger partial charge on any atom is 0.306 e. The first kappa shape index (κ1) is 12.5. The minimum absolute atomic E-state index is 0.284. The van der Waals surface area contributed by atoms with Crippen LogP contribution in [0.5, 0.6) is 0 Å². The molecule has 1 N–H and O–H groups in total. The Morgan fingerprint density at radius 2 is 2.00 bits per heavy atom. The molecule has 0 aliphatic heterocycles. The number of aryl methyl sites for hydroxylation is 1. The lowest BCUT2D eigenvalue weighted by Gasteiger charge is -2.00. The maximum atomic E-state index is 10.6. The van der Waals surface area contributed by atoms with Gasteiger partial charge in [-0.1, -0.05) is 49.4 Å². The topological polar surface area (TPSA) is 37.3 Å². The maximum absolute atomic E-state index is 10.6. The molecule has 0 heterocycles. The highest BCUT2D eigenvalue weighted by molar-refractivity contribution is 5.69. The first-order chi connectivity index (χ1) is 7.70. The number of allylic oxidation sites excluding steroid dienone is 2. The zero-order valence-corrected chi connectivity index (χ0v) is 9.60. The van der Waals surface area contributed by atoms with Crippen molar-refractivity contribution in [2.45, 2.75) is 26.2 Å². The summed E-state index contributed by atoms with van der Waals surface area (Å²) in [7, 11) is 0. The summed E-state index contributed by atoms with van der Waals surface area (Å²) >= 11 is 0. The average molecular weight is 218 g/mol. The molecule has 0 aliphatic carbocycles. The molecule has 0 amide bonds. The summed E-state index contributed by atoms with van der Waals surface area (Å²) in [6, 6.07) is 10.3. The Hall–Kier alpha value is -1.57. The van der Waals surface area contributed by atoms with E-state index in [0.717, 1.165) is 12.8 Å². The van der Waals surface area contributed by atoms with Crippen molar-refractivity contribution < 1.29 is 9.90 Å². The average Bonchev–Trinajstić information content (AvgIpc) is 2.29. The Morgan fingerprint density at radius 3 is 2.62 bits per heavy atom. The van der Waals surface area contributed by atoms with Gasteiger partial charge in [0, 0.05) is 0 Å². The van der Waals surface area contributed by atoms with Crippen LogP contribution in [-0.4, -0.2) is 11.1 Å². The molecular weight excluding hydrogens is 200 g/mol. The Morgan fingerprint density at radius 1 is 1.31 bits per heavy atom. The predicted octanol–water partition coefficient (Wildman–Crippen LogP) is 3.29. The van der Waals surface area contributed by atoms with Gasteiger partial charge < -0.3 is 5.11 Å². The minimum Gasteiger partial charge on any atom is -0.481 e. The minimum atomic E-state index is -0.729. The van der Waals surface area contributed by atoms with Gasteiger partial charge in [-0.3, -0.25) is 4.79 Å². The lowest BCUT2D eigenvalue weighted by molar-refractivity contribution is -0.140. The van der Waals surface area contributed by atoms with E-state index < -0.39 is 5.97 Å². The van der Waals surface area contributed by atoms with Gasteiger partial charge in [-0.05, 0) is 24.8 Å². The van der Waals surface area contributed by atoms with Gasteiger partial charge in [-0.25, -0.2) is 0 Å². The number of carboxylic acids is 1. The number of aliphatic carboxylic acids is 1. The molecule has 0 saturated heterocycles. The van der Waals surface area contributed by atoms with Crippen LogP contribution in [-0.2, 0) is 11.2 Å². The fourth-order valence-corrected chi connectivity index (χ4v) is 1.41. The SMILES string of the molecule is CC(C/C=C\CCc1ccccc1)C(=O)O. The molecule has 0 aliphatic rings. The molecule has 1 unspecified atom stereocenters. The van der Waals surface area contributed by atoms with Crippen LogP contribution in [0.4, 0.5) is 0 Å². The second kappa shape index (κ2) is 6.83. The van der Waals surface area contributed by atoms with Crippen molar-refractivity contribution in [3.63, 3.8) is 0 Å². The zero-order chi connectivity index (χ0) is 11.8. The molecule has 0 radical (unpaired) electrons. The molecular formula is C14H18O2. The first-order valence-electron chi connectivity index (χ1n) is 5.62. The summed E-state index contributed by atoms with van der Waals surface area (Å²) in [4.78, 5) is 10.6. The number of benzene rings is 1. The molecule has 1 aromatic rings. The van der Waals surface area contributed by atoms with E-state index in [-0.39, 0.29) is 5.92 Å². The summed E-state index contributed by atoms with van der Waals surface area (Å²) in [5, 5.41) is 8.68. The van der Waals surface area contributed by atoms with E-state index >= 15 is 0 Å². The molecule has 0 saturated carbocycles. The van der Waals surface area contributed by atoms with E-state index in [4.69, 9.17) is 5.11 Å². The second-order valence-corrected chi connectivity index (χ2v) is 3.97. The van der Waals surface area contributed by atoms with E-state index in [1.54, 1.807) is 6.92 Å². The van der Waals surface area contributed by atoms with Gasteiger partial charge in [0.1, 0.15) is 0 Å². The van der Waals surface area contributed by atoms with Crippen molar-refractivity contribution in [3.05, 3.63) is 48.0 Å². The largest absolute Gasteiger partial charge is 0.481 e. The molecule has 1 rings (SSSR count). The van der Waals surface area contributed by atoms with Crippen LogP contribution in [0.2, 0.25) is 0 Å². The van der Waals surface area contributed by atoms with Gasteiger partial charge in [0.15, 0.2) is 0 Å². The summed E-state index contributed by atoms with van der Waals surface area (Å²) in [5.41, 5.74) is 1.32. The summed E-state index contributed by atoms with van der Waals surface area (Å²) in [5.74, 6) is -1.01. The van der Waals surface area contributed by atoms with Gasteiger partial charge in [-0.2, -0.15) is 0 Å². The fourth-order valence-electron chi connectivity index (χ4n) is 1.41. The highest BCUT2D eigenvalue weighted by atomic mass is 16.4. The molecule has 0 fully saturated rings. The Balaban J connectivity index is 2.21. The zero-order valence-electron chi connectivity index (χ0n) is 9.60. The lowest BCUT2D eigenvalue weighted by Crippen LogP contribution is -2.07. The van der Waals surface area contributed by atoms with Crippen LogP contribution < -0.4 is 0 Å². The van der Waals surface area contributed by atoms with Gasteiger partial charge in [0.2, 0.25) is 0 Å². The Bertz CT molecular complexity index is 341. The van der Waals surface area contributed by atoms with E-state index in [9.17, 15) is 4.79 Å². The molecule has 1 aromatic carbocycles. The third kappa shape index (κ3) is 4.78. The first-order valence-corrected chi connectivity index (χ1v) is 5.62. The quantitative estimate of drug-likeness (QED) is 0.744. The van der Waals surface area contributed by atoms with E-state index in [1.807, 2.05) is 24.3 Å². The molecule has 0 bridgehead atoms. The van der Waals surface area contributed by atoms with Crippen LogP contribution in [0.3, 0.4) is 0 Å². The lowest BCUT2D eigenvalue weighted by atomic mass is 10.1. The smallest absolute Gasteiger partial charge is 0.306 e. The van der Waals surface area contributed by atoms with E-state index in [2.05, 4.69) is 18.2 Å². The van der Waals surface area contributed by atoms with Crippen LogP contribution in [0.25, 0.3) is 0 Å². The standard InChI is InChI=1S/C14H18O2/c1-12(14(15)16)8-4-2-5-9-13-10-6-3-7-11-13/h2-4,6-7,10-12H,5,8-9H2,1H3,(H,15,16)/b4-2-. The molecule has 2 nitrogen and oxygen atoms in total. The Labute approximate surface area is 96.6 Å². The van der Waals surface area contributed by atoms with Gasteiger partial charge >= 0.3 is 5.97 Å². The van der Waals surface area contributed by atoms with Crippen molar-refractivity contribution in [3.8, 4) is 0 Å². The normalized spacial score (nSPS) is 12.8. The third-order valence-electron chi connectivity index (χ3n) is 2.52. The second-order valence-electron chi connectivity index (χ2n) is 3.97. The molecule has 0 aromatic heterocycles. The summed E-state index contributed by atoms with van der Waals surface area (Å²) in [6.07, 6.45) is 6.62. The van der Waals surface area contributed by atoms with Gasteiger partial charge in [-0.15, -0.1) is 0 Å². The highest BCUT2D eigenvalue weighted by Crippen LogP contribution is 2.06. The van der Waals surface area contributed by atoms with Crippen molar-refractivity contribution in [2.24, 2.45) is 5.92 Å². The van der Waals surface area contributed by atoms with Crippen molar-refractivity contribution in [2.75, 3.05) is 0 Å². The van der Waals surface area contributed by atoms with Crippen molar-refractivity contribution in [1.82, 2.24) is 0 Å².